The van der Waals surface area contributed by atoms with Crippen molar-refractivity contribution in [1.82, 2.24) is 0 Å². The highest BCUT2D eigenvalue weighted by Crippen LogP contribution is 2.20. The van der Waals surface area contributed by atoms with E-state index in [1.807, 2.05) is 54.6 Å². The Hall–Kier alpha value is -1.61. The second kappa shape index (κ2) is 5.47. The van der Waals surface area contributed by atoms with E-state index in [0.717, 1.165) is 15.7 Å². The quantitative estimate of drug-likeness (QED) is 0.667. The lowest BCUT2D eigenvalue weighted by molar-refractivity contribution is 1.34. The summed E-state index contributed by atoms with van der Waals surface area (Å²) in [5, 5.41) is 4.17. The Kier molecular flexibility index (Phi) is 3.72. The van der Waals surface area contributed by atoms with Gasteiger partial charge in [0.15, 0.2) is 0 Å². The minimum atomic E-state index is 0.953. The second-order valence-corrected chi connectivity index (χ2v) is 4.11. The molecule has 0 fully saturated rings. The molecule has 0 bridgehead atoms. The SMILES string of the molecule is Brc1ccccc1N/N=C\c1ccccc1. The Labute approximate surface area is 103 Å². The number of benzene rings is 2. The van der Waals surface area contributed by atoms with Crippen molar-refractivity contribution in [3.63, 3.8) is 0 Å². The summed E-state index contributed by atoms with van der Waals surface area (Å²) in [7, 11) is 0. The number of nitrogens with zero attached hydrogens (tertiary/aromatic N) is 1. The summed E-state index contributed by atoms with van der Waals surface area (Å²) in [6.07, 6.45) is 1.79. The van der Waals surface area contributed by atoms with E-state index in [1.54, 1.807) is 6.21 Å². The number of nitrogens with one attached hydrogen (secondary N) is 1. The van der Waals surface area contributed by atoms with E-state index in [-0.39, 0.29) is 0 Å². The van der Waals surface area contributed by atoms with Gasteiger partial charge >= 0.3 is 0 Å². The molecule has 0 aromatic heterocycles. The van der Waals surface area contributed by atoms with Gasteiger partial charge in [-0.1, -0.05) is 42.5 Å². The number of hydrazone groups is 1. The molecule has 2 aromatic rings. The average Bonchev–Trinajstić information content (AvgIpc) is 2.33. The molecule has 2 aromatic carbocycles. The van der Waals surface area contributed by atoms with E-state index < -0.39 is 0 Å². The maximum atomic E-state index is 4.17. The fourth-order valence-electron chi connectivity index (χ4n) is 1.27. The topological polar surface area (TPSA) is 24.4 Å². The smallest absolute Gasteiger partial charge is 0.0703 e. The molecule has 0 unspecified atom stereocenters. The maximum Gasteiger partial charge on any atom is 0.0703 e. The number of rotatable bonds is 3. The molecule has 0 saturated heterocycles. The number of hydrogen-bond donors (Lipinski definition) is 1. The molecular formula is C13H11BrN2. The summed E-state index contributed by atoms with van der Waals surface area (Å²) < 4.78 is 1.00. The highest BCUT2D eigenvalue weighted by Gasteiger charge is 1.94. The van der Waals surface area contributed by atoms with Gasteiger partial charge in [-0.3, -0.25) is 5.43 Å². The third kappa shape index (κ3) is 2.94. The van der Waals surface area contributed by atoms with Crippen molar-refractivity contribution in [3.8, 4) is 0 Å². The van der Waals surface area contributed by atoms with Crippen LogP contribution in [-0.4, -0.2) is 6.21 Å². The molecule has 0 heterocycles. The molecule has 0 aliphatic heterocycles. The predicted octanol–water partition coefficient (Wildman–Crippen LogP) is 3.90. The summed E-state index contributed by atoms with van der Waals surface area (Å²) in [5.74, 6) is 0. The first-order valence-corrected chi connectivity index (χ1v) is 5.74. The van der Waals surface area contributed by atoms with Crippen LogP contribution in [0.1, 0.15) is 5.56 Å². The van der Waals surface area contributed by atoms with Gasteiger partial charge < -0.3 is 0 Å². The molecule has 0 atom stereocenters. The molecule has 3 heteroatoms. The standard InChI is InChI=1S/C13H11BrN2/c14-12-8-4-5-9-13(12)16-15-10-11-6-2-1-3-7-11/h1-10,16H/b15-10-. The van der Waals surface area contributed by atoms with Gasteiger partial charge in [-0.05, 0) is 33.6 Å². The molecule has 0 spiro atoms. The van der Waals surface area contributed by atoms with Gasteiger partial charge in [0, 0.05) is 4.47 Å². The molecule has 2 rings (SSSR count). The van der Waals surface area contributed by atoms with Crippen LogP contribution in [0.2, 0.25) is 0 Å². The van der Waals surface area contributed by atoms with Crippen molar-refractivity contribution in [3.05, 3.63) is 64.6 Å². The molecule has 0 radical (unpaired) electrons. The minimum Gasteiger partial charge on any atom is -0.277 e. The van der Waals surface area contributed by atoms with Crippen LogP contribution in [0.25, 0.3) is 0 Å². The molecule has 0 aliphatic rings. The van der Waals surface area contributed by atoms with Crippen LogP contribution < -0.4 is 5.43 Å². The van der Waals surface area contributed by atoms with Gasteiger partial charge in [-0.2, -0.15) is 5.10 Å². The molecule has 2 nitrogen and oxygen atoms in total. The zero-order chi connectivity index (χ0) is 11.2. The van der Waals surface area contributed by atoms with Crippen molar-refractivity contribution < 1.29 is 0 Å². The number of para-hydroxylation sites is 1. The molecule has 80 valence electrons. The third-order valence-electron chi connectivity index (χ3n) is 2.07. The van der Waals surface area contributed by atoms with Crippen molar-refractivity contribution in [2.24, 2.45) is 5.10 Å². The van der Waals surface area contributed by atoms with Gasteiger partial charge in [-0.25, -0.2) is 0 Å². The lowest BCUT2D eigenvalue weighted by atomic mass is 10.2. The van der Waals surface area contributed by atoms with Gasteiger partial charge in [0.25, 0.3) is 0 Å². The van der Waals surface area contributed by atoms with Crippen molar-refractivity contribution in [1.29, 1.82) is 0 Å². The van der Waals surface area contributed by atoms with E-state index in [9.17, 15) is 0 Å². The van der Waals surface area contributed by atoms with Gasteiger partial charge in [0.1, 0.15) is 0 Å². The van der Waals surface area contributed by atoms with Gasteiger partial charge in [0.05, 0.1) is 11.9 Å². The van der Waals surface area contributed by atoms with Crippen molar-refractivity contribution in [2.75, 3.05) is 5.43 Å². The molecule has 1 N–H and O–H groups in total. The summed E-state index contributed by atoms with van der Waals surface area (Å²) in [6.45, 7) is 0. The normalized spacial score (nSPS) is 10.6. The Balaban J connectivity index is 2.03. The molecule has 0 saturated carbocycles. The minimum absolute atomic E-state index is 0.953. The van der Waals surface area contributed by atoms with Crippen molar-refractivity contribution >= 4 is 27.8 Å². The largest absolute Gasteiger partial charge is 0.277 e. The molecule has 0 amide bonds. The lowest BCUT2D eigenvalue weighted by Crippen LogP contribution is -1.90. The van der Waals surface area contributed by atoms with Crippen molar-refractivity contribution in [2.45, 2.75) is 0 Å². The van der Waals surface area contributed by atoms with Crippen LogP contribution in [0, 0.1) is 0 Å². The highest BCUT2D eigenvalue weighted by molar-refractivity contribution is 9.10. The number of anilines is 1. The monoisotopic (exact) mass is 274 g/mol. The predicted molar refractivity (Wildman–Crippen MR) is 71.8 cm³/mol. The number of halogens is 1. The molecular weight excluding hydrogens is 264 g/mol. The van der Waals surface area contributed by atoms with Gasteiger partial charge in [0.2, 0.25) is 0 Å². The van der Waals surface area contributed by atoms with E-state index in [1.165, 1.54) is 0 Å². The van der Waals surface area contributed by atoms with Crippen LogP contribution >= 0.6 is 15.9 Å². The van der Waals surface area contributed by atoms with Gasteiger partial charge in [-0.15, -0.1) is 0 Å². The highest BCUT2D eigenvalue weighted by atomic mass is 79.9. The van der Waals surface area contributed by atoms with Crippen LogP contribution in [0.4, 0.5) is 5.69 Å². The average molecular weight is 275 g/mol. The Bertz CT molecular complexity index is 480. The van der Waals surface area contributed by atoms with E-state index in [0.29, 0.717) is 0 Å². The molecule has 0 aliphatic carbocycles. The zero-order valence-electron chi connectivity index (χ0n) is 8.60. The Morgan fingerprint density at radius 2 is 1.62 bits per heavy atom. The first kappa shape index (κ1) is 10.9. The zero-order valence-corrected chi connectivity index (χ0v) is 10.2. The van der Waals surface area contributed by atoms with Crippen LogP contribution in [-0.2, 0) is 0 Å². The fourth-order valence-corrected chi connectivity index (χ4v) is 1.64. The Morgan fingerprint density at radius 1 is 0.938 bits per heavy atom. The maximum absolute atomic E-state index is 4.17. The first-order chi connectivity index (χ1) is 7.86. The number of hydrogen-bond acceptors (Lipinski definition) is 2. The van der Waals surface area contributed by atoms with Crippen LogP contribution in [0.5, 0.6) is 0 Å². The summed E-state index contributed by atoms with van der Waals surface area (Å²) in [6, 6.07) is 17.8. The van der Waals surface area contributed by atoms with Crippen LogP contribution in [0.15, 0.2) is 64.2 Å². The molecule has 16 heavy (non-hydrogen) atoms. The summed E-state index contributed by atoms with van der Waals surface area (Å²) in [5.41, 5.74) is 5.01. The summed E-state index contributed by atoms with van der Waals surface area (Å²) >= 11 is 3.45. The second-order valence-electron chi connectivity index (χ2n) is 3.26. The fraction of sp³-hybridized carbons (Fsp3) is 0. The Morgan fingerprint density at radius 3 is 2.38 bits per heavy atom. The van der Waals surface area contributed by atoms with E-state index in [2.05, 4.69) is 26.5 Å². The van der Waals surface area contributed by atoms with E-state index in [4.69, 9.17) is 0 Å². The first-order valence-electron chi connectivity index (χ1n) is 4.95. The summed E-state index contributed by atoms with van der Waals surface area (Å²) in [4.78, 5) is 0. The lowest BCUT2D eigenvalue weighted by Gasteiger charge is -2.01. The third-order valence-corrected chi connectivity index (χ3v) is 2.76. The van der Waals surface area contributed by atoms with E-state index >= 15 is 0 Å². The van der Waals surface area contributed by atoms with Crippen LogP contribution in [0.3, 0.4) is 0 Å².